The van der Waals surface area contributed by atoms with Gasteiger partial charge in [-0.3, -0.25) is 0 Å². The van der Waals surface area contributed by atoms with E-state index in [1.165, 1.54) is 4.88 Å². The van der Waals surface area contributed by atoms with Gasteiger partial charge in [0.15, 0.2) is 0 Å². The standard InChI is InChI=1S/C11H10BrNS/c12-9-3-5-10(6-4-9)13-8-11-2-1-7-14-11/h1-7,13H,8H2. The normalized spacial score (nSPS) is 10.1. The van der Waals surface area contributed by atoms with E-state index in [2.05, 4.69) is 50.9 Å². The third-order valence-electron chi connectivity index (χ3n) is 1.89. The van der Waals surface area contributed by atoms with Crippen LogP contribution in [0.15, 0.2) is 46.3 Å². The molecule has 1 aromatic heterocycles. The molecule has 3 heteroatoms. The molecule has 0 aliphatic heterocycles. The minimum Gasteiger partial charge on any atom is -0.380 e. The zero-order valence-corrected chi connectivity index (χ0v) is 9.94. The fourth-order valence-electron chi connectivity index (χ4n) is 1.17. The van der Waals surface area contributed by atoms with Gasteiger partial charge < -0.3 is 5.32 Å². The summed E-state index contributed by atoms with van der Waals surface area (Å²) in [6.45, 7) is 0.902. The molecule has 0 bridgehead atoms. The molecular weight excluding hydrogens is 258 g/mol. The maximum atomic E-state index is 3.41. The third-order valence-corrected chi connectivity index (χ3v) is 3.30. The molecule has 2 rings (SSSR count). The average Bonchev–Trinajstić information content (AvgIpc) is 2.70. The highest BCUT2D eigenvalue weighted by Gasteiger charge is 1.94. The van der Waals surface area contributed by atoms with Gasteiger partial charge in [-0.15, -0.1) is 11.3 Å². The maximum Gasteiger partial charge on any atom is 0.0494 e. The van der Waals surface area contributed by atoms with Crippen LogP contribution < -0.4 is 5.32 Å². The molecule has 0 saturated heterocycles. The Morgan fingerprint density at radius 3 is 2.57 bits per heavy atom. The third kappa shape index (κ3) is 2.59. The summed E-state index contributed by atoms with van der Waals surface area (Å²) >= 11 is 5.18. The molecule has 2 aromatic rings. The van der Waals surface area contributed by atoms with Crippen LogP contribution >= 0.6 is 27.3 Å². The highest BCUT2D eigenvalue weighted by Crippen LogP contribution is 2.16. The Bertz CT molecular complexity index is 380. The first-order valence-electron chi connectivity index (χ1n) is 4.36. The van der Waals surface area contributed by atoms with Gasteiger partial charge in [-0.05, 0) is 35.7 Å². The summed E-state index contributed by atoms with van der Waals surface area (Å²) < 4.78 is 1.11. The second-order valence-electron chi connectivity index (χ2n) is 2.94. The zero-order valence-electron chi connectivity index (χ0n) is 7.53. The van der Waals surface area contributed by atoms with Crippen molar-refractivity contribution < 1.29 is 0 Å². The summed E-state index contributed by atoms with van der Waals surface area (Å²) in [7, 11) is 0. The van der Waals surface area contributed by atoms with Gasteiger partial charge in [-0.25, -0.2) is 0 Å². The molecule has 1 heterocycles. The predicted molar refractivity (Wildman–Crippen MR) is 65.8 cm³/mol. The number of anilines is 1. The van der Waals surface area contributed by atoms with Gasteiger partial charge in [-0.2, -0.15) is 0 Å². The summed E-state index contributed by atoms with van der Waals surface area (Å²) in [5.74, 6) is 0. The van der Waals surface area contributed by atoms with Crippen LogP contribution in [0, 0.1) is 0 Å². The number of rotatable bonds is 3. The SMILES string of the molecule is Brc1ccc(NCc2cccs2)cc1. The van der Waals surface area contributed by atoms with Crippen molar-refractivity contribution in [2.24, 2.45) is 0 Å². The largest absolute Gasteiger partial charge is 0.380 e. The van der Waals surface area contributed by atoms with Crippen LogP contribution in [0.4, 0.5) is 5.69 Å². The van der Waals surface area contributed by atoms with Gasteiger partial charge in [-0.1, -0.05) is 22.0 Å². The summed E-state index contributed by atoms with van der Waals surface area (Å²) in [5.41, 5.74) is 1.15. The molecule has 0 fully saturated rings. The van der Waals surface area contributed by atoms with Crippen molar-refractivity contribution in [2.45, 2.75) is 6.54 Å². The second-order valence-corrected chi connectivity index (χ2v) is 4.89. The molecule has 14 heavy (non-hydrogen) atoms. The Morgan fingerprint density at radius 2 is 1.93 bits per heavy atom. The molecule has 0 aliphatic carbocycles. The van der Waals surface area contributed by atoms with E-state index in [0.717, 1.165) is 16.7 Å². The first-order chi connectivity index (χ1) is 6.84. The van der Waals surface area contributed by atoms with Crippen molar-refractivity contribution in [2.75, 3.05) is 5.32 Å². The molecule has 1 N–H and O–H groups in total. The van der Waals surface area contributed by atoms with Crippen molar-refractivity contribution >= 4 is 33.0 Å². The Morgan fingerprint density at radius 1 is 1.14 bits per heavy atom. The van der Waals surface area contributed by atoms with Crippen molar-refractivity contribution in [1.82, 2.24) is 0 Å². The molecule has 72 valence electrons. The molecule has 0 aliphatic rings. The number of benzene rings is 1. The van der Waals surface area contributed by atoms with Crippen LogP contribution in [0.1, 0.15) is 4.88 Å². The van der Waals surface area contributed by atoms with E-state index in [9.17, 15) is 0 Å². The van der Waals surface area contributed by atoms with Gasteiger partial charge in [0, 0.05) is 21.6 Å². The summed E-state index contributed by atoms with van der Waals surface area (Å²) in [6, 6.07) is 12.4. The van der Waals surface area contributed by atoms with Crippen LogP contribution in [0.25, 0.3) is 0 Å². The van der Waals surface area contributed by atoms with Crippen molar-refractivity contribution in [3.05, 3.63) is 51.1 Å². The summed E-state index contributed by atoms with van der Waals surface area (Å²) in [6.07, 6.45) is 0. The zero-order chi connectivity index (χ0) is 9.80. The number of hydrogen-bond donors (Lipinski definition) is 1. The van der Waals surface area contributed by atoms with Crippen LogP contribution in [-0.2, 0) is 6.54 Å². The Labute approximate surface area is 95.9 Å². The lowest BCUT2D eigenvalue weighted by Crippen LogP contribution is -1.96. The number of hydrogen-bond acceptors (Lipinski definition) is 2. The molecule has 0 saturated carbocycles. The quantitative estimate of drug-likeness (QED) is 0.882. The van der Waals surface area contributed by atoms with Crippen molar-refractivity contribution in [3.63, 3.8) is 0 Å². The van der Waals surface area contributed by atoms with E-state index >= 15 is 0 Å². The lowest BCUT2D eigenvalue weighted by atomic mass is 10.3. The molecular formula is C11H10BrNS. The van der Waals surface area contributed by atoms with E-state index in [-0.39, 0.29) is 0 Å². The first-order valence-corrected chi connectivity index (χ1v) is 6.04. The van der Waals surface area contributed by atoms with Crippen molar-refractivity contribution in [1.29, 1.82) is 0 Å². The van der Waals surface area contributed by atoms with E-state index in [4.69, 9.17) is 0 Å². The minimum absolute atomic E-state index is 0.902. The second kappa shape index (κ2) is 4.62. The van der Waals surface area contributed by atoms with Crippen molar-refractivity contribution in [3.8, 4) is 0 Å². The van der Waals surface area contributed by atoms with Crippen LogP contribution in [0.5, 0.6) is 0 Å². The van der Waals surface area contributed by atoms with Gasteiger partial charge in [0.1, 0.15) is 0 Å². The Kier molecular flexibility index (Phi) is 3.22. The molecule has 0 unspecified atom stereocenters. The average molecular weight is 268 g/mol. The lowest BCUT2D eigenvalue weighted by Gasteiger charge is -2.04. The van der Waals surface area contributed by atoms with Crippen LogP contribution in [-0.4, -0.2) is 0 Å². The molecule has 0 amide bonds. The number of halogens is 1. The van der Waals surface area contributed by atoms with Crippen LogP contribution in [0.2, 0.25) is 0 Å². The van der Waals surface area contributed by atoms with E-state index in [0.29, 0.717) is 0 Å². The van der Waals surface area contributed by atoms with E-state index in [1.807, 2.05) is 12.1 Å². The molecule has 0 spiro atoms. The summed E-state index contributed by atoms with van der Waals surface area (Å²) in [5, 5.41) is 5.46. The van der Waals surface area contributed by atoms with Crippen LogP contribution in [0.3, 0.4) is 0 Å². The maximum absolute atomic E-state index is 3.41. The minimum atomic E-state index is 0.902. The number of nitrogens with one attached hydrogen (secondary N) is 1. The van der Waals surface area contributed by atoms with Gasteiger partial charge in [0.05, 0.1) is 0 Å². The molecule has 1 nitrogen and oxygen atoms in total. The lowest BCUT2D eigenvalue weighted by molar-refractivity contribution is 1.19. The predicted octanol–water partition coefficient (Wildman–Crippen LogP) is 4.12. The first kappa shape index (κ1) is 9.74. The molecule has 1 aromatic carbocycles. The smallest absolute Gasteiger partial charge is 0.0494 e. The number of thiophene rings is 1. The summed E-state index contributed by atoms with van der Waals surface area (Å²) in [4.78, 5) is 1.35. The Hall–Kier alpha value is -0.800. The fraction of sp³-hybridized carbons (Fsp3) is 0.0909. The van der Waals surface area contributed by atoms with Gasteiger partial charge in [0.25, 0.3) is 0 Å². The highest BCUT2D eigenvalue weighted by atomic mass is 79.9. The van der Waals surface area contributed by atoms with E-state index in [1.54, 1.807) is 11.3 Å². The monoisotopic (exact) mass is 267 g/mol. The van der Waals surface area contributed by atoms with Gasteiger partial charge in [0.2, 0.25) is 0 Å². The topological polar surface area (TPSA) is 12.0 Å². The fourth-order valence-corrected chi connectivity index (χ4v) is 2.08. The Balaban J connectivity index is 1.95. The van der Waals surface area contributed by atoms with E-state index < -0.39 is 0 Å². The van der Waals surface area contributed by atoms with Gasteiger partial charge >= 0.3 is 0 Å². The molecule has 0 radical (unpaired) electrons. The molecule has 0 atom stereocenters. The highest BCUT2D eigenvalue weighted by molar-refractivity contribution is 9.10.